The first kappa shape index (κ1) is 14.4. The van der Waals surface area contributed by atoms with Crippen molar-refractivity contribution in [3.05, 3.63) is 0 Å². The molecule has 0 saturated carbocycles. The van der Waals surface area contributed by atoms with Gasteiger partial charge < -0.3 is 14.2 Å². The van der Waals surface area contributed by atoms with Crippen LogP contribution in [0.5, 0.6) is 0 Å². The lowest BCUT2D eigenvalue weighted by molar-refractivity contribution is -0.154. The zero-order valence-electron chi connectivity index (χ0n) is 10.3. The standard InChI is InChI=1S/C11H22O4/c1-11(2,3)10(12)15-8-6-7-9(13-4)14-5/h9H,6-8H2,1-5H3. The summed E-state index contributed by atoms with van der Waals surface area (Å²) in [6.07, 6.45) is 1.26. The van der Waals surface area contributed by atoms with Gasteiger partial charge >= 0.3 is 5.97 Å². The summed E-state index contributed by atoms with van der Waals surface area (Å²) in [4.78, 5) is 11.4. The van der Waals surface area contributed by atoms with Crippen molar-refractivity contribution in [3.63, 3.8) is 0 Å². The molecule has 0 fully saturated rings. The van der Waals surface area contributed by atoms with Crippen LogP contribution in [-0.2, 0) is 19.0 Å². The molecule has 0 heterocycles. The predicted octanol–water partition coefficient (Wildman–Crippen LogP) is 1.97. The molecule has 4 heteroatoms. The SMILES string of the molecule is COC(CCCOC(=O)C(C)(C)C)OC. The molecule has 0 aliphatic rings. The Bertz CT molecular complexity index is 180. The quantitative estimate of drug-likeness (QED) is 0.388. The van der Waals surface area contributed by atoms with Crippen LogP contribution in [0.1, 0.15) is 33.6 Å². The zero-order valence-corrected chi connectivity index (χ0v) is 10.3. The van der Waals surface area contributed by atoms with Crippen LogP contribution in [0, 0.1) is 5.41 Å². The van der Waals surface area contributed by atoms with Gasteiger partial charge in [0, 0.05) is 20.6 Å². The molecule has 0 spiro atoms. The van der Waals surface area contributed by atoms with Gasteiger partial charge in [-0.1, -0.05) is 0 Å². The van der Waals surface area contributed by atoms with E-state index in [4.69, 9.17) is 14.2 Å². The van der Waals surface area contributed by atoms with E-state index in [9.17, 15) is 4.79 Å². The van der Waals surface area contributed by atoms with Crippen LogP contribution in [0.15, 0.2) is 0 Å². The van der Waals surface area contributed by atoms with E-state index in [1.54, 1.807) is 14.2 Å². The molecule has 0 N–H and O–H groups in total. The van der Waals surface area contributed by atoms with Crippen LogP contribution in [0.3, 0.4) is 0 Å². The van der Waals surface area contributed by atoms with E-state index in [-0.39, 0.29) is 12.3 Å². The maximum Gasteiger partial charge on any atom is 0.311 e. The minimum atomic E-state index is -0.429. The van der Waals surface area contributed by atoms with Gasteiger partial charge in [0.25, 0.3) is 0 Å². The average molecular weight is 218 g/mol. The minimum absolute atomic E-state index is 0.172. The molecule has 90 valence electrons. The molecule has 0 aromatic carbocycles. The van der Waals surface area contributed by atoms with Crippen molar-refractivity contribution in [2.75, 3.05) is 20.8 Å². The van der Waals surface area contributed by atoms with Crippen LogP contribution in [0.2, 0.25) is 0 Å². The lowest BCUT2D eigenvalue weighted by Gasteiger charge is -2.17. The second-order valence-electron chi connectivity index (χ2n) is 4.43. The molecule has 0 amide bonds. The summed E-state index contributed by atoms with van der Waals surface area (Å²) in [5.74, 6) is -0.172. The molecule has 0 saturated heterocycles. The Morgan fingerprint density at radius 3 is 2.13 bits per heavy atom. The molecular weight excluding hydrogens is 196 g/mol. The molecule has 15 heavy (non-hydrogen) atoms. The molecule has 0 aliphatic carbocycles. The van der Waals surface area contributed by atoms with E-state index in [2.05, 4.69) is 0 Å². The fraction of sp³-hybridized carbons (Fsp3) is 0.909. The fourth-order valence-corrected chi connectivity index (χ4v) is 0.963. The third kappa shape index (κ3) is 6.47. The summed E-state index contributed by atoms with van der Waals surface area (Å²) in [6, 6.07) is 0. The largest absolute Gasteiger partial charge is 0.465 e. The molecule has 0 aliphatic heterocycles. The molecule has 0 aromatic rings. The fourth-order valence-electron chi connectivity index (χ4n) is 0.963. The molecular formula is C11H22O4. The third-order valence-corrected chi connectivity index (χ3v) is 1.96. The van der Waals surface area contributed by atoms with Crippen molar-refractivity contribution < 1.29 is 19.0 Å². The van der Waals surface area contributed by atoms with Crippen molar-refractivity contribution in [2.45, 2.75) is 39.9 Å². The summed E-state index contributed by atoms with van der Waals surface area (Å²) in [5.41, 5.74) is -0.429. The maximum absolute atomic E-state index is 11.4. The Morgan fingerprint density at radius 2 is 1.73 bits per heavy atom. The highest BCUT2D eigenvalue weighted by Gasteiger charge is 2.22. The number of esters is 1. The highest BCUT2D eigenvalue weighted by Crippen LogP contribution is 2.15. The number of methoxy groups -OCH3 is 2. The first-order chi connectivity index (χ1) is 6.91. The normalized spacial score (nSPS) is 11.9. The Hall–Kier alpha value is -0.610. The van der Waals surface area contributed by atoms with Crippen LogP contribution in [-0.4, -0.2) is 33.1 Å². The van der Waals surface area contributed by atoms with Crippen molar-refractivity contribution in [1.82, 2.24) is 0 Å². The summed E-state index contributed by atoms with van der Waals surface area (Å²) in [6.45, 7) is 5.92. The van der Waals surface area contributed by atoms with Gasteiger partial charge in [-0.3, -0.25) is 4.79 Å². The van der Waals surface area contributed by atoms with E-state index < -0.39 is 5.41 Å². The Labute approximate surface area is 91.9 Å². The highest BCUT2D eigenvalue weighted by molar-refractivity contribution is 5.75. The van der Waals surface area contributed by atoms with Crippen LogP contribution >= 0.6 is 0 Å². The van der Waals surface area contributed by atoms with Crippen molar-refractivity contribution in [1.29, 1.82) is 0 Å². The molecule has 0 radical (unpaired) electrons. The summed E-state index contributed by atoms with van der Waals surface area (Å²) < 4.78 is 15.1. The topological polar surface area (TPSA) is 44.8 Å². The second-order valence-corrected chi connectivity index (χ2v) is 4.43. The van der Waals surface area contributed by atoms with Crippen molar-refractivity contribution in [3.8, 4) is 0 Å². The Kier molecular flexibility index (Phi) is 6.52. The molecule has 4 nitrogen and oxygen atoms in total. The summed E-state index contributed by atoms with van der Waals surface area (Å²) in [5, 5.41) is 0. The van der Waals surface area contributed by atoms with Gasteiger partial charge in [-0.2, -0.15) is 0 Å². The van der Waals surface area contributed by atoms with Crippen LogP contribution < -0.4 is 0 Å². The number of rotatable bonds is 6. The molecule has 0 aromatic heterocycles. The number of carbonyl (C=O) groups excluding carboxylic acids is 1. The van der Waals surface area contributed by atoms with Gasteiger partial charge in [-0.15, -0.1) is 0 Å². The second kappa shape index (κ2) is 6.80. The first-order valence-corrected chi connectivity index (χ1v) is 5.14. The van der Waals surface area contributed by atoms with E-state index in [0.717, 1.165) is 12.8 Å². The van der Waals surface area contributed by atoms with Gasteiger partial charge in [0.2, 0.25) is 0 Å². The molecule has 0 rings (SSSR count). The first-order valence-electron chi connectivity index (χ1n) is 5.14. The zero-order chi connectivity index (χ0) is 11.9. The van der Waals surface area contributed by atoms with Gasteiger partial charge in [0.05, 0.1) is 12.0 Å². The average Bonchev–Trinajstić information content (AvgIpc) is 2.16. The van der Waals surface area contributed by atoms with Crippen LogP contribution in [0.25, 0.3) is 0 Å². The highest BCUT2D eigenvalue weighted by atomic mass is 16.7. The molecule has 0 unspecified atom stereocenters. The van der Waals surface area contributed by atoms with E-state index >= 15 is 0 Å². The Morgan fingerprint density at radius 1 is 1.20 bits per heavy atom. The van der Waals surface area contributed by atoms with Crippen molar-refractivity contribution in [2.24, 2.45) is 5.41 Å². The van der Waals surface area contributed by atoms with E-state index in [1.807, 2.05) is 20.8 Å². The molecule has 0 atom stereocenters. The predicted molar refractivity (Wildman–Crippen MR) is 57.5 cm³/mol. The summed E-state index contributed by atoms with van der Waals surface area (Å²) >= 11 is 0. The lowest BCUT2D eigenvalue weighted by Crippen LogP contribution is -2.23. The maximum atomic E-state index is 11.4. The van der Waals surface area contributed by atoms with Gasteiger partial charge in [-0.05, 0) is 27.2 Å². The van der Waals surface area contributed by atoms with Gasteiger partial charge in [0.15, 0.2) is 6.29 Å². The Balaban J connectivity index is 3.59. The smallest absolute Gasteiger partial charge is 0.311 e. The molecule has 0 bridgehead atoms. The monoisotopic (exact) mass is 218 g/mol. The minimum Gasteiger partial charge on any atom is -0.465 e. The third-order valence-electron chi connectivity index (χ3n) is 1.96. The summed E-state index contributed by atoms with van der Waals surface area (Å²) in [7, 11) is 3.19. The van der Waals surface area contributed by atoms with Crippen LogP contribution in [0.4, 0.5) is 0 Å². The van der Waals surface area contributed by atoms with Gasteiger partial charge in [-0.25, -0.2) is 0 Å². The number of hydrogen-bond acceptors (Lipinski definition) is 4. The van der Waals surface area contributed by atoms with Crippen molar-refractivity contribution >= 4 is 5.97 Å². The van der Waals surface area contributed by atoms with E-state index in [1.165, 1.54) is 0 Å². The van der Waals surface area contributed by atoms with Gasteiger partial charge in [0.1, 0.15) is 0 Å². The van der Waals surface area contributed by atoms with E-state index in [0.29, 0.717) is 6.61 Å². The number of hydrogen-bond donors (Lipinski definition) is 0. The number of ether oxygens (including phenoxy) is 3. The number of carbonyl (C=O) groups is 1. The lowest BCUT2D eigenvalue weighted by atomic mass is 9.97.